The maximum Gasteiger partial charge on any atom is 0.169 e. The molecule has 0 heterocycles. The summed E-state index contributed by atoms with van der Waals surface area (Å²) in [7, 11) is 0. The van der Waals surface area contributed by atoms with Gasteiger partial charge in [0.25, 0.3) is 0 Å². The molecule has 2 rings (SSSR count). The van der Waals surface area contributed by atoms with Gasteiger partial charge in [0.15, 0.2) is 5.78 Å². The van der Waals surface area contributed by atoms with Gasteiger partial charge in [-0.2, -0.15) is 0 Å². The van der Waals surface area contributed by atoms with Crippen molar-refractivity contribution in [3.05, 3.63) is 35.9 Å². The lowest BCUT2D eigenvalue weighted by molar-refractivity contribution is 0.100. The molecule has 0 aromatic heterocycles. The number of carbonyl (C=O) groups is 1. The fourth-order valence-electron chi connectivity index (χ4n) is 1.55. The van der Waals surface area contributed by atoms with Crippen LogP contribution in [0.4, 0.5) is 5.69 Å². The van der Waals surface area contributed by atoms with Crippen LogP contribution in [0.15, 0.2) is 24.8 Å². The van der Waals surface area contributed by atoms with Crippen molar-refractivity contribution in [3.63, 3.8) is 0 Å². The average molecular weight is 159 g/mol. The van der Waals surface area contributed by atoms with E-state index in [9.17, 15) is 4.79 Å². The van der Waals surface area contributed by atoms with E-state index in [0.29, 0.717) is 17.7 Å². The molecule has 0 saturated carbocycles. The van der Waals surface area contributed by atoms with Crippen molar-refractivity contribution >= 4 is 17.0 Å². The molecule has 0 atom stereocenters. The summed E-state index contributed by atoms with van der Waals surface area (Å²) in [5.41, 5.74) is 8.68. The summed E-state index contributed by atoms with van der Waals surface area (Å²) in [6.07, 6.45) is 0.420. The molecule has 1 aliphatic carbocycles. The van der Waals surface area contributed by atoms with Gasteiger partial charge >= 0.3 is 0 Å². The Morgan fingerprint density at radius 3 is 2.83 bits per heavy atom. The lowest BCUT2D eigenvalue weighted by Gasteiger charge is -2.00. The van der Waals surface area contributed by atoms with Gasteiger partial charge in [-0.15, -0.1) is 0 Å². The Balaban J connectivity index is 2.75. The van der Waals surface area contributed by atoms with Gasteiger partial charge in [-0.3, -0.25) is 4.79 Å². The number of allylic oxidation sites excluding steroid dienone is 1. The van der Waals surface area contributed by atoms with Crippen LogP contribution in [-0.4, -0.2) is 5.78 Å². The SMILES string of the molecule is C=C1CC(=O)c2c(N)cccc21. The van der Waals surface area contributed by atoms with Gasteiger partial charge < -0.3 is 5.73 Å². The third kappa shape index (κ3) is 0.780. The number of carbonyl (C=O) groups excluding carboxylic acids is 1. The van der Waals surface area contributed by atoms with Crippen LogP contribution in [0.25, 0.3) is 5.57 Å². The zero-order valence-electron chi connectivity index (χ0n) is 6.63. The van der Waals surface area contributed by atoms with Gasteiger partial charge in [0, 0.05) is 17.7 Å². The van der Waals surface area contributed by atoms with E-state index >= 15 is 0 Å². The molecule has 12 heavy (non-hydrogen) atoms. The van der Waals surface area contributed by atoms with Crippen molar-refractivity contribution in [1.29, 1.82) is 0 Å². The number of benzene rings is 1. The van der Waals surface area contributed by atoms with Crippen molar-refractivity contribution in [2.24, 2.45) is 0 Å². The van der Waals surface area contributed by atoms with Crippen molar-refractivity contribution in [1.82, 2.24) is 0 Å². The van der Waals surface area contributed by atoms with Gasteiger partial charge in [0.1, 0.15) is 0 Å². The van der Waals surface area contributed by atoms with Crippen molar-refractivity contribution in [2.75, 3.05) is 5.73 Å². The van der Waals surface area contributed by atoms with Crippen LogP contribution in [-0.2, 0) is 0 Å². The van der Waals surface area contributed by atoms with Crippen LogP contribution in [0.3, 0.4) is 0 Å². The predicted octanol–water partition coefficient (Wildman–Crippen LogP) is 1.87. The standard InChI is InChI=1S/C10H9NO/c1-6-5-9(12)10-7(6)3-2-4-8(10)11/h2-4H,1,5,11H2. The Labute approximate surface area is 70.7 Å². The molecule has 0 spiro atoms. The zero-order chi connectivity index (χ0) is 8.72. The second-order valence-corrected chi connectivity index (χ2v) is 2.97. The molecular formula is C10H9NO. The number of nitrogens with two attached hydrogens (primary N) is 1. The maximum absolute atomic E-state index is 11.4. The quantitative estimate of drug-likeness (QED) is 0.587. The molecule has 2 heteroatoms. The Bertz CT molecular complexity index is 379. The van der Waals surface area contributed by atoms with Crippen molar-refractivity contribution in [3.8, 4) is 0 Å². The molecule has 0 fully saturated rings. The van der Waals surface area contributed by atoms with Gasteiger partial charge in [-0.1, -0.05) is 18.7 Å². The second kappa shape index (κ2) is 2.21. The molecule has 0 unspecified atom stereocenters. The topological polar surface area (TPSA) is 43.1 Å². The highest BCUT2D eigenvalue weighted by Gasteiger charge is 2.24. The predicted molar refractivity (Wildman–Crippen MR) is 48.8 cm³/mol. The van der Waals surface area contributed by atoms with Crippen LogP contribution < -0.4 is 5.73 Å². The third-order valence-corrected chi connectivity index (χ3v) is 2.13. The first-order valence-corrected chi connectivity index (χ1v) is 3.80. The van der Waals surface area contributed by atoms with E-state index in [4.69, 9.17) is 5.73 Å². The molecule has 2 nitrogen and oxygen atoms in total. The normalized spacial score (nSPS) is 15.0. The molecule has 0 aliphatic heterocycles. The third-order valence-electron chi connectivity index (χ3n) is 2.13. The van der Waals surface area contributed by atoms with E-state index in [2.05, 4.69) is 6.58 Å². The number of anilines is 1. The number of nitrogen functional groups attached to an aromatic ring is 1. The van der Waals surface area contributed by atoms with Crippen molar-refractivity contribution < 1.29 is 4.79 Å². The Kier molecular flexibility index (Phi) is 1.30. The van der Waals surface area contributed by atoms with E-state index in [-0.39, 0.29) is 5.78 Å². The number of ketones is 1. The van der Waals surface area contributed by atoms with E-state index in [1.807, 2.05) is 12.1 Å². The van der Waals surface area contributed by atoms with Gasteiger partial charge in [0.05, 0.1) is 0 Å². The van der Waals surface area contributed by atoms with Crippen LogP contribution in [0.5, 0.6) is 0 Å². The minimum absolute atomic E-state index is 0.0908. The summed E-state index contributed by atoms with van der Waals surface area (Å²) in [6, 6.07) is 5.48. The van der Waals surface area contributed by atoms with Gasteiger partial charge in [-0.05, 0) is 17.2 Å². The molecule has 1 aromatic carbocycles. The lowest BCUT2D eigenvalue weighted by Crippen LogP contribution is -1.97. The largest absolute Gasteiger partial charge is 0.398 e. The van der Waals surface area contributed by atoms with Crippen LogP contribution in [0, 0.1) is 0 Å². The summed E-state index contributed by atoms with van der Waals surface area (Å²) in [5, 5.41) is 0. The van der Waals surface area contributed by atoms with Crippen molar-refractivity contribution in [2.45, 2.75) is 6.42 Å². The minimum Gasteiger partial charge on any atom is -0.398 e. The number of hydrogen-bond acceptors (Lipinski definition) is 2. The average Bonchev–Trinajstić information content (AvgIpc) is 2.29. The van der Waals surface area contributed by atoms with Crippen LogP contribution >= 0.6 is 0 Å². The molecular weight excluding hydrogens is 150 g/mol. The maximum atomic E-state index is 11.4. The summed E-state index contributed by atoms with van der Waals surface area (Å²) < 4.78 is 0. The number of Topliss-reactive ketones (excluding diaryl/α,β-unsaturated/α-hetero) is 1. The molecule has 1 aromatic rings. The van der Waals surface area contributed by atoms with Gasteiger partial charge in [-0.25, -0.2) is 0 Å². The highest BCUT2D eigenvalue weighted by atomic mass is 16.1. The van der Waals surface area contributed by atoms with E-state index < -0.39 is 0 Å². The zero-order valence-corrected chi connectivity index (χ0v) is 6.63. The van der Waals surface area contributed by atoms with Gasteiger partial charge in [0.2, 0.25) is 0 Å². The Morgan fingerprint density at radius 2 is 2.17 bits per heavy atom. The minimum atomic E-state index is 0.0908. The summed E-state index contributed by atoms with van der Waals surface area (Å²) in [4.78, 5) is 11.4. The fourth-order valence-corrected chi connectivity index (χ4v) is 1.55. The number of fused-ring (bicyclic) bond motifs is 1. The molecule has 1 aliphatic rings. The summed E-state index contributed by atoms with van der Waals surface area (Å²) in [5.74, 6) is 0.0908. The first-order valence-electron chi connectivity index (χ1n) is 3.80. The highest BCUT2D eigenvalue weighted by molar-refractivity contribution is 6.14. The van der Waals surface area contributed by atoms with E-state index in [1.165, 1.54) is 0 Å². The molecule has 0 radical (unpaired) electrons. The van der Waals surface area contributed by atoms with E-state index in [1.54, 1.807) is 6.07 Å². The first-order chi connectivity index (χ1) is 5.70. The first kappa shape index (κ1) is 7.10. The molecule has 0 bridgehead atoms. The molecule has 0 amide bonds. The number of hydrogen-bond donors (Lipinski definition) is 1. The Hall–Kier alpha value is -1.57. The highest BCUT2D eigenvalue weighted by Crippen LogP contribution is 2.33. The molecule has 0 saturated heterocycles. The molecule has 2 N–H and O–H groups in total. The summed E-state index contributed by atoms with van der Waals surface area (Å²) >= 11 is 0. The summed E-state index contributed by atoms with van der Waals surface area (Å²) in [6.45, 7) is 3.81. The smallest absolute Gasteiger partial charge is 0.169 e. The monoisotopic (exact) mass is 159 g/mol. The number of rotatable bonds is 0. The molecule has 60 valence electrons. The Morgan fingerprint density at radius 1 is 1.42 bits per heavy atom. The van der Waals surface area contributed by atoms with E-state index in [0.717, 1.165) is 11.1 Å². The van der Waals surface area contributed by atoms with Crippen LogP contribution in [0.1, 0.15) is 22.3 Å². The second-order valence-electron chi connectivity index (χ2n) is 2.97. The van der Waals surface area contributed by atoms with Crippen LogP contribution in [0.2, 0.25) is 0 Å². The fraction of sp³-hybridized carbons (Fsp3) is 0.100. The lowest BCUT2D eigenvalue weighted by atomic mass is 10.1.